The second-order valence-corrected chi connectivity index (χ2v) is 14.4. The molecule has 0 aliphatic heterocycles. The monoisotopic (exact) mass is 640 g/mol. The highest BCUT2D eigenvalue weighted by Gasteiger charge is 2.28. The van der Waals surface area contributed by atoms with Gasteiger partial charge in [0.1, 0.15) is 5.60 Å². The van der Waals surface area contributed by atoms with E-state index in [9.17, 15) is 28.1 Å². The molecular formula is C33H56N2O8S. The van der Waals surface area contributed by atoms with E-state index in [2.05, 4.69) is 13.8 Å². The van der Waals surface area contributed by atoms with Crippen molar-refractivity contribution < 1.29 is 32.4 Å². The molecule has 11 heteroatoms. The molecule has 0 aliphatic rings. The molecule has 1 rings (SSSR count). The van der Waals surface area contributed by atoms with Crippen LogP contribution in [-0.4, -0.2) is 54.9 Å². The summed E-state index contributed by atoms with van der Waals surface area (Å²) in [6, 6.07) is 4.75. The van der Waals surface area contributed by atoms with Crippen LogP contribution in [-0.2, 0) is 29.1 Å². The molecule has 0 amide bonds. The van der Waals surface area contributed by atoms with Crippen molar-refractivity contribution in [3.63, 3.8) is 0 Å². The van der Waals surface area contributed by atoms with Crippen LogP contribution in [0.2, 0.25) is 0 Å². The number of sulfonamides is 1. The minimum absolute atomic E-state index is 0.0326. The zero-order valence-electron chi connectivity index (χ0n) is 27.7. The molecule has 0 saturated heterocycles. The normalized spacial score (nSPS) is 12.7. The first-order valence-electron chi connectivity index (χ1n) is 16.4. The lowest BCUT2D eigenvalue weighted by atomic mass is 9.97. The number of nitrogens with zero attached hydrogens (tertiary/aromatic N) is 2. The number of nitro benzene ring substituents is 1. The van der Waals surface area contributed by atoms with Crippen molar-refractivity contribution in [3.8, 4) is 0 Å². The van der Waals surface area contributed by atoms with Crippen LogP contribution in [0.25, 0.3) is 0 Å². The van der Waals surface area contributed by atoms with Crippen molar-refractivity contribution >= 4 is 27.6 Å². The molecule has 0 spiro atoms. The second kappa shape index (κ2) is 21.2. The number of nitro groups is 1. The Morgan fingerprint density at radius 2 is 1.41 bits per heavy atom. The van der Waals surface area contributed by atoms with Crippen LogP contribution in [0.3, 0.4) is 0 Å². The predicted octanol–water partition coefficient (Wildman–Crippen LogP) is 7.98. The fourth-order valence-electron chi connectivity index (χ4n) is 4.88. The molecule has 1 aromatic rings. The summed E-state index contributed by atoms with van der Waals surface area (Å²) >= 11 is 0. The number of hydrogen-bond acceptors (Lipinski definition) is 8. The molecule has 0 bridgehead atoms. The van der Waals surface area contributed by atoms with Gasteiger partial charge in [0, 0.05) is 31.6 Å². The SMILES string of the molecule is CCCCCCCCC(CCN(CCCC(=O)OC(C)(C)C)S(=O)(=O)c1ccc([N+](=O)[O-])cc1)C(=O)OCCCCCCC. The number of unbranched alkanes of at least 4 members (excludes halogenated alkanes) is 9. The topological polar surface area (TPSA) is 133 Å². The fourth-order valence-corrected chi connectivity index (χ4v) is 6.37. The summed E-state index contributed by atoms with van der Waals surface area (Å²) in [5.74, 6) is -1.17. The zero-order chi connectivity index (χ0) is 33.0. The molecule has 0 fully saturated rings. The lowest BCUT2D eigenvalue weighted by Crippen LogP contribution is -2.35. The first kappa shape index (κ1) is 39.5. The van der Waals surface area contributed by atoms with E-state index in [1.54, 1.807) is 20.8 Å². The van der Waals surface area contributed by atoms with Crippen molar-refractivity contribution in [2.45, 2.75) is 141 Å². The largest absolute Gasteiger partial charge is 0.465 e. The molecule has 252 valence electrons. The number of hydrogen-bond donors (Lipinski definition) is 0. The van der Waals surface area contributed by atoms with E-state index in [0.29, 0.717) is 13.0 Å². The summed E-state index contributed by atoms with van der Waals surface area (Å²) in [5.41, 5.74) is -0.862. The van der Waals surface area contributed by atoms with Gasteiger partial charge in [-0.3, -0.25) is 19.7 Å². The smallest absolute Gasteiger partial charge is 0.308 e. The summed E-state index contributed by atoms with van der Waals surface area (Å²) < 4.78 is 39.6. The van der Waals surface area contributed by atoms with E-state index in [0.717, 1.165) is 76.3 Å². The van der Waals surface area contributed by atoms with Gasteiger partial charge >= 0.3 is 11.9 Å². The van der Waals surface area contributed by atoms with E-state index in [1.807, 2.05) is 0 Å². The van der Waals surface area contributed by atoms with E-state index in [-0.39, 0.29) is 48.9 Å². The third-order valence-corrected chi connectivity index (χ3v) is 9.27. The third kappa shape index (κ3) is 16.5. The lowest BCUT2D eigenvalue weighted by molar-refractivity contribution is -0.384. The third-order valence-electron chi connectivity index (χ3n) is 7.35. The van der Waals surface area contributed by atoms with Crippen LogP contribution < -0.4 is 0 Å². The van der Waals surface area contributed by atoms with Crippen LogP contribution in [0.15, 0.2) is 29.2 Å². The van der Waals surface area contributed by atoms with Crippen molar-refractivity contribution in [2.24, 2.45) is 5.92 Å². The van der Waals surface area contributed by atoms with E-state index < -0.39 is 32.4 Å². The summed E-state index contributed by atoms with van der Waals surface area (Å²) in [5, 5.41) is 11.1. The second-order valence-electron chi connectivity index (χ2n) is 12.5. The summed E-state index contributed by atoms with van der Waals surface area (Å²) in [4.78, 5) is 35.9. The van der Waals surface area contributed by atoms with Gasteiger partial charge in [0.2, 0.25) is 10.0 Å². The van der Waals surface area contributed by atoms with Crippen molar-refractivity contribution in [2.75, 3.05) is 19.7 Å². The average molecular weight is 641 g/mol. The van der Waals surface area contributed by atoms with Gasteiger partial charge in [-0.05, 0) is 58.6 Å². The van der Waals surface area contributed by atoms with Gasteiger partial charge in [0.25, 0.3) is 5.69 Å². The highest BCUT2D eigenvalue weighted by molar-refractivity contribution is 7.89. The van der Waals surface area contributed by atoms with E-state index >= 15 is 0 Å². The van der Waals surface area contributed by atoms with Gasteiger partial charge in [-0.2, -0.15) is 4.31 Å². The zero-order valence-corrected chi connectivity index (χ0v) is 28.5. The maximum absolute atomic E-state index is 13.7. The number of esters is 2. The van der Waals surface area contributed by atoms with Crippen molar-refractivity contribution in [1.82, 2.24) is 4.31 Å². The minimum Gasteiger partial charge on any atom is -0.465 e. The van der Waals surface area contributed by atoms with Crippen LogP contribution in [0.4, 0.5) is 5.69 Å². The minimum atomic E-state index is -4.06. The van der Waals surface area contributed by atoms with E-state index in [1.165, 1.54) is 22.9 Å². The van der Waals surface area contributed by atoms with Crippen LogP contribution >= 0.6 is 0 Å². The molecular weight excluding hydrogens is 584 g/mol. The van der Waals surface area contributed by atoms with Crippen LogP contribution in [0, 0.1) is 16.0 Å². The van der Waals surface area contributed by atoms with Crippen LogP contribution in [0.1, 0.15) is 131 Å². The van der Waals surface area contributed by atoms with Gasteiger partial charge < -0.3 is 9.47 Å². The Hall–Kier alpha value is -2.53. The van der Waals surface area contributed by atoms with Crippen LogP contribution in [0.5, 0.6) is 0 Å². The molecule has 0 aliphatic carbocycles. The fraction of sp³-hybridized carbons (Fsp3) is 0.758. The highest BCUT2D eigenvalue weighted by atomic mass is 32.2. The van der Waals surface area contributed by atoms with Gasteiger partial charge in [0.15, 0.2) is 0 Å². The molecule has 44 heavy (non-hydrogen) atoms. The Kier molecular flexibility index (Phi) is 19.1. The first-order chi connectivity index (χ1) is 20.8. The van der Waals surface area contributed by atoms with Gasteiger partial charge in [-0.15, -0.1) is 0 Å². The first-order valence-corrected chi connectivity index (χ1v) is 17.9. The summed E-state index contributed by atoms with van der Waals surface area (Å²) in [6.07, 6.45) is 12.8. The van der Waals surface area contributed by atoms with Crippen molar-refractivity contribution in [1.29, 1.82) is 0 Å². The van der Waals surface area contributed by atoms with Crippen molar-refractivity contribution in [3.05, 3.63) is 34.4 Å². The standard InChI is InChI=1S/C33H56N2O8S/c1-6-8-10-12-13-15-18-28(32(37)42-27-16-14-11-9-7-2)24-26-34(25-17-19-31(36)43-33(3,4)5)44(40,41)30-22-20-29(21-23-30)35(38)39/h20-23,28H,6-19,24-27H2,1-5H3. The quantitative estimate of drug-likeness (QED) is 0.0481. The Labute approximate surface area is 265 Å². The maximum atomic E-state index is 13.7. The van der Waals surface area contributed by atoms with Gasteiger partial charge in [-0.1, -0.05) is 78.1 Å². The Bertz CT molecular complexity index is 1080. The summed E-state index contributed by atoms with van der Waals surface area (Å²) in [6.45, 7) is 10.1. The molecule has 1 atom stereocenters. The molecule has 1 unspecified atom stereocenters. The Morgan fingerprint density at radius 1 is 0.841 bits per heavy atom. The molecule has 0 saturated carbocycles. The maximum Gasteiger partial charge on any atom is 0.308 e. The number of non-ortho nitro benzene ring substituents is 1. The molecule has 10 nitrogen and oxygen atoms in total. The number of benzene rings is 1. The summed E-state index contributed by atoms with van der Waals surface area (Å²) in [7, 11) is -4.06. The molecule has 0 heterocycles. The Morgan fingerprint density at radius 3 is 1.98 bits per heavy atom. The van der Waals surface area contributed by atoms with Gasteiger partial charge in [0.05, 0.1) is 22.3 Å². The number of carbonyl (C=O) groups excluding carboxylic acids is 2. The predicted molar refractivity (Wildman–Crippen MR) is 173 cm³/mol. The number of rotatable bonds is 24. The highest BCUT2D eigenvalue weighted by Crippen LogP contribution is 2.24. The van der Waals surface area contributed by atoms with E-state index in [4.69, 9.17) is 9.47 Å². The number of carbonyl (C=O) groups is 2. The van der Waals surface area contributed by atoms with Gasteiger partial charge in [-0.25, -0.2) is 8.42 Å². The Balaban J connectivity index is 3.04. The molecule has 1 aromatic carbocycles. The molecule has 0 radical (unpaired) electrons. The lowest BCUT2D eigenvalue weighted by Gasteiger charge is -2.25. The number of ether oxygens (including phenoxy) is 2. The molecule has 0 aromatic heterocycles. The average Bonchev–Trinajstić information content (AvgIpc) is 2.96. The molecule has 0 N–H and O–H groups in total.